The lowest BCUT2D eigenvalue weighted by Gasteiger charge is -2.18. The Labute approximate surface area is 443 Å². The molecule has 0 aromatic carbocycles. The molecule has 1 unspecified atom stereocenters. The summed E-state index contributed by atoms with van der Waals surface area (Å²) < 4.78 is 16.7. The third kappa shape index (κ3) is 56.5. The van der Waals surface area contributed by atoms with Gasteiger partial charge in [-0.15, -0.1) is 0 Å². The zero-order valence-corrected chi connectivity index (χ0v) is 46.4. The van der Waals surface area contributed by atoms with Gasteiger partial charge >= 0.3 is 17.9 Å². The molecule has 0 aliphatic carbocycles. The fourth-order valence-corrected chi connectivity index (χ4v) is 7.52. The van der Waals surface area contributed by atoms with Gasteiger partial charge in [-0.05, 0) is 122 Å². The summed E-state index contributed by atoms with van der Waals surface area (Å²) in [5.74, 6) is -0.952. The maximum absolute atomic E-state index is 12.8. The Morgan fingerprint density at radius 2 is 0.542 bits per heavy atom. The minimum absolute atomic E-state index is 0.0953. The molecule has 6 nitrogen and oxygen atoms in total. The first-order valence-electron chi connectivity index (χ1n) is 29.2. The molecular weight excluding hydrogens is 889 g/mol. The van der Waals surface area contributed by atoms with Crippen molar-refractivity contribution < 1.29 is 28.6 Å². The second-order valence-electron chi connectivity index (χ2n) is 18.8. The molecule has 0 aromatic rings. The Kier molecular flexibility index (Phi) is 55.5. The van der Waals surface area contributed by atoms with Crippen molar-refractivity contribution in [1.29, 1.82) is 0 Å². The molecule has 6 heteroatoms. The number of hydrogen-bond donors (Lipinski definition) is 0. The van der Waals surface area contributed by atoms with Crippen LogP contribution in [0.5, 0.6) is 0 Å². The fourth-order valence-electron chi connectivity index (χ4n) is 7.52. The van der Waals surface area contributed by atoms with Crippen molar-refractivity contribution in [3.05, 3.63) is 134 Å². The molecule has 72 heavy (non-hydrogen) atoms. The molecule has 0 amide bonds. The lowest BCUT2D eigenvalue weighted by Crippen LogP contribution is -2.30. The van der Waals surface area contributed by atoms with E-state index in [9.17, 15) is 14.4 Å². The summed E-state index contributed by atoms with van der Waals surface area (Å²) in [4.78, 5) is 37.9. The number of carbonyl (C=O) groups is 3. The van der Waals surface area contributed by atoms with Gasteiger partial charge in [0.15, 0.2) is 6.10 Å². The van der Waals surface area contributed by atoms with Crippen molar-refractivity contribution in [2.45, 2.75) is 252 Å². The molecule has 0 saturated heterocycles. The Morgan fingerprint density at radius 1 is 0.292 bits per heavy atom. The largest absolute Gasteiger partial charge is 0.462 e. The van der Waals surface area contributed by atoms with Crippen LogP contribution in [0.2, 0.25) is 0 Å². The van der Waals surface area contributed by atoms with Crippen LogP contribution in [0.25, 0.3) is 0 Å². The van der Waals surface area contributed by atoms with Gasteiger partial charge in [-0.1, -0.05) is 238 Å². The predicted octanol–water partition coefficient (Wildman–Crippen LogP) is 19.8. The van der Waals surface area contributed by atoms with E-state index in [1.165, 1.54) is 70.6 Å². The summed E-state index contributed by atoms with van der Waals surface area (Å²) >= 11 is 0. The van der Waals surface area contributed by atoms with Crippen molar-refractivity contribution in [2.24, 2.45) is 0 Å². The number of hydrogen-bond acceptors (Lipinski definition) is 6. The van der Waals surface area contributed by atoms with Crippen LogP contribution in [0.15, 0.2) is 134 Å². The fraction of sp³-hybridized carbons (Fsp3) is 0.621. The summed E-state index contributed by atoms with van der Waals surface area (Å²) in [5, 5.41) is 0. The number of allylic oxidation sites excluding steroid dienone is 22. The van der Waals surface area contributed by atoms with E-state index in [1.807, 2.05) is 0 Å². The number of carbonyl (C=O) groups excluding carboxylic acids is 3. The molecule has 406 valence electrons. The quantitative estimate of drug-likeness (QED) is 0.0261. The zero-order chi connectivity index (χ0) is 52.2. The van der Waals surface area contributed by atoms with Gasteiger partial charge in [0, 0.05) is 19.3 Å². The Hall–Kier alpha value is -4.45. The second kappa shape index (κ2) is 59.1. The third-order valence-electron chi connectivity index (χ3n) is 11.9. The number of ether oxygens (including phenoxy) is 3. The molecule has 0 N–H and O–H groups in total. The highest BCUT2D eigenvalue weighted by atomic mass is 16.6. The molecule has 0 rings (SSSR count). The van der Waals surface area contributed by atoms with E-state index in [2.05, 4.69) is 154 Å². The Morgan fingerprint density at radius 3 is 0.889 bits per heavy atom. The SMILES string of the molecule is CC/C=C\C/C=C\C/C=C\C/C=C\C/C=C\C/C=C\C/C=C\C/C=C\C/C=C\CCCCCC(=O)OCC(COC(=O)CCCCCCCC)OC(=O)CCCCCCCCC/C=C\C/C=C\CCCCC. The predicted molar refractivity (Wildman–Crippen MR) is 311 cm³/mol. The molecule has 0 radical (unpaired) electrons. The van der Waals surface area contributed by atoms with Crippen LogP contribution in [0.4, 0.5) is 0 Å². The van der Waals surface area contributed by atoms with E-state index >= 15 is 0 Å². The van der Waals surface area contributed by atoms with Gasteiger partial charge in [0.25, 0.3) is 0 Å². The number of esters is 3. The highest BCUT2D eigenvalue weighted by Crippen LogP contribution is 2.13. The molecular formula is C66H106O6. The molecule has 0 aliphatic rings. The average molecular weight is 996 g/mol. The molecule has 0 heterocycles. The second-order valence-corrected chi connectivity index (χ2v) is 18.8. The van der Waals surface area contributed by atoms with Gasteiger partial charge in [-0.2, -0.15) is 0 Å². The van der Waals surface area contributed by atoms with E-state index in [-0.39, 0.29) is 31.1 Å². The van der Waals surface area contributed by atoms with E-state index in [1.54, 1.807) is 0 Å². The Balaban J connectivity index is 4.24. The average Bonchev–Trinajstić information content (AvgIpc) is 3.38. The van der Waals surface area contributed by atoms with E-state index < -0.39 is 6.10 Å². The molecule has 0 spiro atoms. The first-order chi connectivity index (χ1) is 35.5. The van der Waals surface area contributed by atoms with Crippen LogP contribution in [-0.2, 0) is 28.6 Å². The molecule has 0 aliphatic heterocycles. The lowest BCUT2D eigenvalue weighted by atomic mass is 10.1. The highest BCUT2D eigenvalue weighted by Gasteiger charge is 2.19. The van der Waals surface area contributed by atoms with Crippen molar-refractivity contribution >= 4 is 17.9 Å². The van der Waals surface area contributed by atoms with E-state index in [0.29, 0.717) is 19.3 Å². The van der Waals surface area contributed by atoms with Crippen LogP contribution in [0, 0.1) is 0 Å². The van der Waals surface area contributed by atoms with Crippen molar-refractivity contribution in [3.63, 3.8) is 0 Å². The smallest absolute Gasteiger partial charge is 0.306 e. The van der Waals surface area contributed by atoms with Crippen LogP contribution >= 0.6 is 0 Å². The highest BCUT2D eigenvalue weighted by molar-refractivity contribution is 5.71. The summed E-state index contributed by atoms with van der Waals surface area (Å²) in [6, 6.07) is 0. The molecule has 0 aromatic heterocycles. The van der Waals surface area contributed by atoms with Crippen LogP contribution in [0.1, 0.15) is 245 Å². The van der Waals surface area contributed by atoms with Crippen molar-refractivity contribution in [3.8, 4) is 0 Å². The van der Waals surface area contributed by atoms with Gasteiger partial charge in [0.1, 0.15) is 13.2 Å². The molecule has 0 saturated carbocycles. The van der Waals surface area contributed by atoms with Crippen molar-refractivity contribution in [1.82, 2.24) is 0 Å². The summed E-state index contributed by atoms with van der Waals surface area (Å²) in [6.07, 6.45) is 83.3. The number of unbranched alkanes of at least 4 members (excludes halogenated alkanes) is 18. The van der Waals surface area contributed by atoms with Gasteiger partial charge in [0.05, 0.1) is 0 Å². The maximum Gasteiger partial charge on any atom is 0.306 e. The third-order valence-corrected chi connectivity index (χ3v) is 11.9. The standard InChI is InChI=1S/C66H106O6/c1-4-7-10-13-16-18-20-22-24-26-27-28-29-30-31-32-33-34-35-36-37-38-39-41-42-44-46-48-50-53-56-59-65(68)71-62-63(61-70-64(67)58-55-52-15-12-9-6-3)72-66(69)60-57-54-51-49-47-45-43-40-25-23-21-19-17-14-11-8-5-2/h7,10,16-19,22-25,27-28,30-31,33-34,36-37,39,41,44,46,63H,4-6,8-9,11-15,20-21,26,29,32,35,38,40,42-43,45,47-62H2,1-3H3/b10-7-,18-16-,19-17-,24-22-,25-23-,28-27-,31-30-,34-33-,37-36-,41-39-,46-44-. The lowest BCUT2D eigenvalue weighted by molar-refractivity contribution is -0.167. The first-order valence-corrected chi connectivity index (χ1v) is 29.2. The molecule has 1 atom stereocenters. The first kappa shape index (κ1) is 67.5. The summed E-state index contributed by atoms with van der Waals surface area (Å²) in [6.45, 7) is 6.39. The minimum Gasteiger partial charge on any atom is -0.462 e. The normalized spacial score (nSPS) is 13.1. The van der Waals surface area contributed by atoms with Gasteiger partial charge in [-0.25, -0.2) is 0 Å². The zero-order valence-electron chi connectivity index (χ0n) is 46.4. The van der Waals surface area contributed by atoms with Crippen LogP contribution < -0.4 is 0 Å². The topological polar surface area (TPSA) is 78.9 Å². The van der Waals surface area contributed by atoms with E-state index in [4.69, 9.17) is 14.2 Å². The monoisotopic (exact) mass is 995 g/mol. The van der Waals surface area contributed by atoms with Crippen LogP contribution in [-0.4, -0.2) is 37.2 Å². The molecule has 0 fully saturated rings. The Bertz CT molecular complexity index is 1560. The van der Waals surface area contributed by atoms with Gasteiger partial charge < -0.3 is 14.2 Å². The van der Waals surface area contributed by atoms with Gasteiger partial charge in [0.2, 0.25) is 0 Å². The van der Waals surface area contributed by atoms with Gasteiger partial charge in [-0.3, -0.25) is 14.4 Å². The minimum atomic E-state index is -0.797. The summed E-state index contributed by atoms with van der Waals surface area (Å²) in [7, 11) is 0. The number of rotatable bonds is 51. The summed E-state index contributed by atoms with van der Waals surface area (Å²) in [5.41, 5.74) is 0. The maximum atomic E-state index is 12.8. The van der Waals surface area contributed by atoms with Crippen LogP contribution in [0.3, 0.4) is 0 Å². The molecule has 0 bridgehead atoms. The van der Waals surface area contributed by atoms with Crippen molar-refractivity contribution in [2.75, 3.05) is 13.2 Å². The van der Waals surface area contributed by atoms with E-state index in [0.717, 1.165) is 135 Å².